The summed E-state index contributed by atoms with van der Waals surface area (Å²) in [5.41, 5.74) is 0. The van der Waals surface area contributed by atoms with Crippen LogP contribution in [0, 0.1) is 0 Å². The number of rotatable bonds is 54. The van der Waals surface area contributed by atoms with Gasteiger partial charge in [-0.05, 0) is 64.2 Å². The molecule has 0 saturated carbocycles. The van der Waals surface area contributed by atoms with E-state index in [1.807, 2.05) is 6.08 Å². The zero-order chi connectivity index (χ0) is 47.9. The van der Waals surface area contributed by atoms with E-state index in [1.165, 1.54) is 205 Å². The SMILES string of the molecule is CCCCCCCCCCCCCCCCCC/C=C/C(O)C(CO)NC(=O)CCCCCCCCCCCC/C=C\C=C/CCCCCOC(=O)CCCCCCCCCCCCCC. The Balaban J connectivity index is 3.51. The summed E-state index contributed by atoms with van der Waals surface area (Å²) in [6, 6.07) is -0.636. The van der Waals surface area contributed by atoms with Crippen LogP contribution in [0.25, 0.3) is 0 Å². The molecule has 0 rings (SSSR count). The third-order valence-corrected chi connectivity index (χ3v) is 13.4. The molecule has 66 heavy (non-hydrogen) atoms. The van der Waals surface area contributed by atoms with Crippen LogP contribution in [0.2, 0.25) is 0 Å². The summed E-state index contributed by atoms with van der Waals surface area (Å²) >= 11 is 0. The number of ether oxygens (including phenoxy) is 1. The predicted molar refractivity (Wildman–Crippen MR) is 287 cm³/mol. The molecule has 0 radical (unpaired) electrons. The number of esters is 1. The van der Waals surface area contributed by atoms with Crippen LogP contribution in [0.3, 0.4) is 0 Å². The van der Waals surface area contributed by atoms with Gasteiger partial charge in [-0.2, -0.15) is 0 Å². The van der Waals surface area contributed by atoms with Gasteiger partial charge in [-0.3, -0.25) is 9.59 Å². The van der Waals surface area contributed by atoms with Crippen molar-refractivity contribution in [2.45, 2.75) is 321 Å². The maximum absolute atomic E-state index is 12.5. The highest BCUT2D eigenvalue weighted by Gasteiger charge is 2.18. The number of hydrogen-bond donors (Lipinski definition) is 3. The maximum atomic E-state index is 12.5. The highest BCUT2D eigenvalue weighted by atomic mass is 16.5. The van der Waals surface area contributed by atoms with E-state index in [4.69, 9.17) is 4.74 Å². The molecule has 1 amide bonds. The van der Waals surface area contributed by atoms with Gasteiger partial charge in [-0.1, -0.05) is 269 Å². The van der Waals surface area contributed by atoms with Crippen molar-refractivity contribution >= 4 is 11.9 Å². The fourth-order valence-electron chi connectivity index (χ4n) is 8.92. The summed E-state index contributed by atoms with van der Waals surface area (Å²) in [4.78, 5) is 24.5. The van der Waals surface area contributed by atoms with Gasteiger partial charge in [0.05, 0.1) is 25.4 Å². The third-order valence-electron chi connectivity index (χ3n) is 13.4. The van der Waals surface area contributed by atoms with E-state index in [2.05, 4.69) is 43.5 Å². The second kappa shape index (κ2) is 55.7. The number of nitrogens with one attached hydrogen (secondary N) is 1. The molecule has 0 aliphatic carbocycles. The first kappa shape index (κ1) is 64.1. The molecule has 2 unspecified atom stereocenters. The highest BCUT2D eigenvalue weighted by Crippen LogP contribution is 2.17. The first-order valence-electron chi connectivity index (χ1n) is 29.3. The Bertz CT molecular complexity index is 1070. The lowest BCUT2D eigenvalue weighted by atomic mass is 10.0. The Labute approximate surface area is 411 Å². The molecule has 6 nitrogen and oxygen atoms in total. The van der Waals surface area contributed by atoms with E-state index in [-0.39, 0.29) is 18.5 Å². The maximum Gasteiger partial charge on any atom is 0.305 e. The molecule has 0 aromatic heterocycles. The van der Waals surface area contributed by atoms with Crippen LogP contribution in [-0.2, 0) is 14.3 Å². The summed E-state index contributed by atoms with van der Waals surface area (Å²) in [6.07, 6.45) is 68.8. The average molecular weight is 929 g/mol. The van der Waals surface area contributed by atoms with Crippen LogP contribution >= 0.6 is 0 Å². The molecule has 3 N–H and O–H groups in total. The van der Waals surface area contributed by atoms with Crippen LogP contribution in [0.4, 0.5) is 0 Å². The normalized spacial score (nSPS) is 12.8. The van der Waals surface area contributed by atoms with Crippen molar-refractivity contribution in [1.29, 1.82) is 0 Å². The molecule has 6 heteroatoms. The lowest BCUT2D eigenvalue weighted by Gasteiger charge is -2.20. The molecule has 0 heterocycles. The number of unbranched alkanes of at least 4 members (excludes halogenated alkanes) is 40. The van der Waals surface area contributed by atoms with E-state index in [9.17, 15) is 19.8 Å². The zero-order valence-corrected chi connectivity index (χ0v) is 44.2. The molecule has 0 fully saturated rings. The highest BCUT2D eigenvalue weighted by molar-refractivity contribution is 5.76. The van der Waals surface area contributed by atoms with Crippen molar-refractivity contribution in [2.75, 3.05) is 13.2 Å². The Morgan fingerprint density at radius 1 is 0.424 bits per heavy atom. The van der Waals surface area contributed by atoms with E-state index in [0.717, 1.165) is 77.0 Å². The first-order chi connectivity index (χ1) is 32.5. The number of aliphatic hydroxyl groups is 2. The Morgan fingerprint density at radius 3 is 1.12 bits per heavy atom. The number of carbonyl (C=O) groups is 2. The Kier molecular flexibility index (Phi) is 54.1. The molecule has 0 aromatic rings. The summed E-state index contributed by atoms with van der Waals surface area (Å²) in [5.74, 6) is -0.0898. The predicted octanol–water partition coefficient (Wildman–Crippen LogP) is 18.0. The van der Waals surface area contributed by atoms with Gasteiger partial charge in [0.15, 0.2) is 0 Å². The summed E-state index contributed by atoms with van der Waals surface area (Å²) in [5, 5.41) is 23.1. The third kappa shape index (κ3) is 51.5. The molecular weight excluding hydrogens is 815 g/mol. The molecular formula is C60H113NO5. The fraction of sp³-hybridized carbons (Fsp3) is 0.867. The van der Waals surface area contributed by atoms with E-state index in [0.29, 0.717) is 19.4 Å². The van der Waals surface area contributed by atoms with Crippen LogP contribution in [0.5, 0.6) is 0 Å². The lowest BCUT2D eigenvalue weighted by Crippen LogP contribution is -2.45. The van der Waals surface area contributed by atoms with Crippen LogP contribution in [-0.4, -0.2) is 47.4 Å². The summed E-state index contributed by atoms with van der Waals surface area (Å²) in [7, 11) is 0. The van der Waals surface area contributed by atoms with Gasteiger partial charge in [0.1, 0.15) is 0 Å². The number of allylic oxidation sites excluding steroid dienone is 5. The number of carbonyl (C=O) groups excluding carboxylic acids is 2. The van der Waals surface area contributed by atoms with Gasteiger partial charge in [0, 0.05) is 12.8 Å². The number of amides is 1. The van der Waals surface area contributed by atoms with E-state index < -0.39 is 12.1 Å². The first-order valence-corrected chi connectivity index (χ1v) is 29.3. The van der Waals surface area contributed by atoms with Crippen LogP contribution in [0.15, 0.2) is 36.5 Å². The molecule has 2 atom stereocenters. The molecule has 0 bridgehead atoms. The van der Waals surface area contributed by atoms with Gasteiger partial charge in [-0.25, -0.2) is 0 Å². The largest absolute Gasteiger partial charge is 0.466 e. The van der Waals surface area contributed by atoms with Crippen molar-refractivity contribution in [3.63, 3.8) is 0 Å². The van der Waals surface area contributed by atoms with Gasteiger partial charge in [0.25, 0.3) is 0 Å². The lowest BCUT2D eigenvalue weighted by molar-refractivity contribution is -0.143. The van der Waals surface area contributed by atoms with Crippen LogP contribution < -0.4 is 5.32 Å². The van der Waals surface area contributed by atoms with Crippen LogP contribution in [0.1, 0.15) is 309 Å². The minimum absolute atomic E-state index is 0.0135. The molecule has 0 aromatic carbocycles. The van der Waals surface area contributed by atoms with Crippen molar-refractivity contribution in [3.05, 3.63) is 36.5 Å². The molecule has 0 saturated heterocycles. The number of aliphatic hydroxyl groups excluding tert-OH is 2. The molecule has 388 valence electrons. The van der Waals surface area contributed by atoms with E-state index >= 15 is 0 Å². The topological polar surface area (TPSA) is 95.9 Å². The van der Waals surface area contributed by atoms with Gasteiger partial charge >= 0.3 is 5.97 Å². The minimum Gasteiger partial charge on any atom is -0.466 e. The monoisotopic (exact) mass is 928 g/mol. The smallest absolute Gasteiger partial charge is 0.305 e. The second-order valence-corrected chi connectivity index (χ2v) is 20.0. The Morgan fingerprint density at radius 2 is 0.742 bits per heavy atom. The standard InChI is InChI=1S/C60H113NO5/c1-3-5-7-9-11-13-15-17-18-19-23-26-29-32-36-40-44-48-52-58(63)57(56-62)61-59(64)53-49-45-41-37-33-30-27-24-21-20-22-25-28-31-35-39-43-47-51-55-66-60(65)54-50-46-42-38-34-16-14-12-10-8-6-4-2/h25,28,31,35,48,52,57-58,62-63H,3-24,26-27,29-30,32-34,36-47,49-51,53-56H2,1-2H3,(H,61,64)/b28-25-,35-31-,52-48+. The zero-order valence-electron chi connectivity index (χ0n) is 44.2. The minimum atomic E-state index is -0.852. The van der Waals surface area contributed by atoms with Crippen molar-refractivity contribution in [3.8, 4) is 0 Å². The van der Waals surface area contributed by atoms with Gasteiger partial charge in [0.2, 0.25) is 5.91 Å². The molecule has 0 spiro atoms. The summed E-state index contributed by atoms with van der Waals surface area (Å²) < 4.78 is 5.44. The van der Waals surface area contributed by atoms with E-state index in [1.54, 1.807) is 6.08 Å². The van der Waals surface area contributed by atoms with Gasteiger partial charge < -0.3 is 20.3 Å². The fourth-order valence-corrected chi connectivity index (χ4v) is 8.92. The van der Waals surface area contributed by atoms with Crippen molar-refractivity contribution < 1.29 is 24.5 Å². The summed E-state index contributed by atoms with van der Waals surface area (Å²) in [6.45, 7) is 4.87. The Hall–Kier alpha value is -1.92. The van der Waals surface area contributed by atoms with Crippen molar-refractivity contribution in [2.24, 2.45) is 0 Å². The average Bonchev–Trinajstić information content (AvgIpc) is 3.32. The second-order valence-electron chi connectivity index (χ2n) is 20.0. The molecule has 0 aliphatic rings. The molecule has 0 aliphatic heterocycles. The van der Waals surface area contributed by atoms with Crippen molar-refractivity contribution in [1.82, 2.24) is 5.32 Å². The number of hydrogen-bond acceptors (Lipinski definition) is 5. The van der Waals surface area contributed by atoms with Gasteiger partial charge in [-0.15, -0.1) is 0 Å². The quantitative estimate of drug-likeness (QED) is 0.0244.